The third-order valence-corrected chi connectivity index (χ3v) is 9.23. The molecule has 0 aromatic carbocycles. The molecule has 0 aromatic heterocycles. The fourth-order valence-electron chi connectivity index (χ4n) is 5.03. The molecule has 0 radical (unpaired) electrons. The van der Waals surface area contributed by atoms with Gasteiger partial charge >= 0.3 is 6.09 Å². The first kappa shape index (κ1) is 34.9. The van der Waals surface area contributed by atoms with Crippen LogP contribution in [0.15, 0.2) is 35.9 Å². The molecule has 3 atom stereocenters. The number of hydrogen-bond acceptors (Lipinski definition) is 9. The maximum atomic E-state index is 13.5. The number of nitrogens with one attached hydrogen (secondary N) is 1. The fourth-order valence-corrected chi connectivity index (χ4v) is 6.64. The SMILES string of the molecule is C=C/C(=C\C=C\N)S(=O)(=O)N(CC(C)C)CC(O)C(CC1CCC(OCC(=O)CC)CC1)NC(=O)O[C@H]1CCOC1. The molecule has 2 aliphatic rings. The topological polar surface area (TPSA) is 157 Å². The maximum Gasteiger partial charge on any atom is 0.407 e. The normalized spacial score (nSPS) is 23.6. The lowest BCUT2D eigenvalue weighted by atomic mass is 9.82. The third-order valence-electron chi connectivity index (χ3n) is 7.35. The van der Waals surface area contributed by atoms with Crippen molar-refractivity contribution in [2.45, 2.75) is 90.1 Å². The van der Waals surface area contributed by atoms with Crippen molar-refractivity contribution < 1.29 is 37.3 Å². The van der Waals surface area contributed by atoms with Gasteiger partial charge in [-0.1, -0.05) is 27.4 Å². The second kappa shape index (κ2) is 17.6. The van der Waals surface area contributed by atoms with Gasteiger partial charge in [-0.3, -0.25) is 4.79 Å². The second-order valence-electron chi connectivity index (χ2n) is 11.2. The van der Waals surface area contributed by atoms with Crippen molar-refractivity contribution in [1.29, 1.82) is 0 Å². The van der Waals surface area contributed by atoms with Crippen molar-refractivity contribution in [1.82, 2.24) is 9.62 Å². The van der Waals surface area contributed by atoms with Gasteiger partial charge in [0.25, 0.3) is 0 Å². The molecule has 1 heterocycles. The highest BCUT2D eigenvalue weighted by atomic mass is 32.2. The number of ketones is 1. The molecule has 1 aliphatic carbocycles. The van der Waals surface area contributed by atoms with Crippen LogP contribution < -0.4 is 11.1 Å². The van der Waals surface area contributed by atoms with Crippen LogP contribution in [0.25, 0.3) is 0 Å². The van der Waals surface area contributed by atoms with Gasteiger partial charge in [0.15, 0.2) is 5.78 Å². The number of ether oxygens (including phenoxy) is 3. The van der Waals surface area contributed by atoms with E-state index in [-0.39, 0.29) is 54.4 Å². The maximum absolute atomic E-state index is 13.5. The number of allylic oxidation sites excluding steroid dienone is 3. The molecular weight excluding hydrogens is 550 g/mol. The zero-order valence-electron chi connectivity index (χ0n) is 24.7. The number of Topliss-reactive ketones (excluding diaryl/α,β-unsaturated/α-hetero) is 1. The number of aliphatic hydroxyl groups excluding tert-OH is 1. The van der Waals surface area contributed by atoms with Crippen molar-refractivity contribution in [3.05, 3.63) is 35.9 Å². The molecule has 12 heteroatoms. The van der Waals surface area contributed by atoms with Gasteiger partial charge in [0.05, 0.1) is 36.4 Å². The monoisotopic (exact) mass is 599 g/mol. The molecule has 0 aromatic rings. The number of amides is 1. The standard InChI is InChI=1S/C29H49N3O8S/c1-5-23(33)19-39-24-11-9-22(10-12-24)16-27(31-29(35)40-25-13-15-38-20-25)28(34)18-32(17-21(3)4)41(36,37)26(6-2)8-7-14-30/h6-8,14,21-22,24-25,27-28,34H,2,5,9-13,15-20,30H2,1,3-4H3,(H,31,35)/b14-7+,26-8+/t22?,24?,25-,27?,28?/m0/s1. The Morgan fingerprint density at radius 1 is 1.17 bits per heavy atom. The van der Waals surface area contributed by atoms with Gasteiger partial charge in [0.1, 0.15) is 12.7 Å². The smallest absolute Gasteiger partial charge is 0.407 e. The molecule has 11 nitrogen and oxygen atoms in total. The van der Waals surface area contributed by atoms with Gasteiger partial charge in [-0.2, -0.15) is 4.31 Å². The van der Waals surface area contributed by atoms with E-state index in [1.165, 1.54) is 28.7 Å². The van der Waals surface area contributed by atoms with Gasteiger partial charge in [-0.25, -0.2) is 13.2 Å². The number of aliphatic hydroxyl groups is 1. The van der Waals surface area contributed by atoms with Crippen molar-refractivity contribution in [3.8, 4) is 0 Å². The minimum absolute atomic E-state index is 0.00349. The van der Waals surface area contributed by atoms with Crippen LogP contribution in [-0.2, 0) is 29.0 Å². The van der Waals surface area contributed by atoms with E-state index in [4.69, 9.17) is 19.9 Å². The average Bonchev–Trinajstić information content (AvgIpc) is 3.44. The highest BCUT2D eigenvalue weighted by molar-refractivity contribution is 7.93. The van der Waals surface area contributed by atoms with E-state index in [0.717, 1.165) is 25.7 Å². The second-order valence-corrected chi connectivity index (χ2v) is 13.1. The molecule has 2 rings (SSSR count). The molecule has 41 heavy (non-hydrogen) atoms. The van der Waals surface area contributed by atoms with Crippen LogP contribution in [0.1, 0.15) is 65.7 Å². The minimum Gasteiger partial charge on any atom is -0.444 e. The average molecular weight is 600 g/mol. The number of nitrogens with zero attached hydrogens (tertiary/aromatic N) is 1. The Hall–Kier alpha value is -2.25. The highest BCUT2D eigenvalue weighted by Gasteiger charge is 2.34. The summed E-state index contributed by atoms with van der Waals surface area (Å²) in [5, 5.41) is 14.2. The minimum atomic E-state index is -4.01. The van der Waals surface area contributed by atoms with Gasteiger partial charge in [0, 0.05) is 25.9 Å². The van der Waals surface area contributed by atoms with Crippen LogP contribution in [0.4, 0.5) is 4.79 Å². The van der Waals surface area contributed by atoms with Gasteiger partial charge in [-0.05, 0) is 68.4 Å². The Balaban J connectivity index is 2.17. The van der Waals surface area contributed by atoms with E-state index in [1.54, 1.807) is 0 Å². The summed E-state index contributed by atoms with van der Waals surface area (Å²) in [5.74, 6) is 0.210. The Morgan fingerprint density at radius 3 is 2.44 bits per heavy atom. The highest BCUT2D eigenvalue weighted by Crippen LogP contribution is 2.30. The summed E-state index contributed by atoms with van der Waals surface area (Å²) < 4.78 is 44.8. The van der Waals surface area contributed by atoms with Crippen molar-refractivity contribution in [3.63, 3.8) is 0 Å². The zero-order chi connectivity index (χ0) is 30.4. The van der Waals surface area contributed by atoms with E-state index in [2.05, 4.69) is 11.9 Å². The van der Waals surface area contributed by atoms with E-state index in [0.29, 0.717) is 32.5 Å². The number of carbonyl (C=O) groups excluding carboxylic acids is 2. The molecular formula is C29H49N3O8S. The number of alkyl carbamates (subject to hydrolysis) is 1. The lowest BCUT2D eigenvalue weighted by Gasteiger charge is -2.34. The van der Waals surface area contributed by atoms with Crippen LogP contribution in [0.2, 0.25) is 0 Å². The molecule has 0 bridgehead atoms. The summed E-state index contributed by atoms with van der Waals surface area (Å²) in [6.07, 6.45) is 7.60. The molecule has 1 aliphatic heterocycles. The predicted molar refractivity (Wildman–Crippen MR) is 157 cm³/mol. The van der Waals surface area contributed by atoms with Crippen LogP contribution in [0.5, 0.6) is 0 Å². The Bertz CT molecular complexity index is 1000. The number of carbonyl (C=O) groups is 2. The summed E-state index contributed by atoms with van der Waals surface area (Å²) in [6, 6.07) is -0.751. The molecule has 1 saturated carbocycles. The van der Waals surface area contributed by atoms with Crippen molar-refractivity contribution in [2.75, 3.05) is 32.9 Å². The van der Waals surface area contributed by atoms with Crippen LogP contribution in [0, 0.1) is 11.8 Å². The Morgan fingerprint density at radius 2 is 1.88 bits per heavy atom. The van der Waals surface area contributed by atoms with E-state index in [9.17, 15) is 23.1 Å². The van der Waals surface area contributed by atoms with E-state index >= 15 is 0 Å². The van der Waals surface area contributed by atoms with Gasteiger partial charge < -0.3 is 30.4 Å². The number of sulfonamides is 1. The summed E-state index contributed by atoms with van der Waals surface area (Å²) in [5.41, 5.74) is 5.40. The summed E-state index contributed by atoms with van der Waals surface area (Å²) >= 11 is 0. The molecule has 1 saturated heterocycles. The molecule has 234 valence electrons. The lowest BCUT2D eigenvalue weighted by Crippen LogP contribution is -2.51. The summed E-state index contributed by atoms with van der Waals surface area (Å²) in [7, 11) is -4.01. The molecule has 2 unspecified atom stereocenters. The largest absolute Gasteiger partial charge is 0.444 e. The fraction of sp³-hybridized carbons (Fsp3) is 0.724. The van der Waals surface area contributed by atoms with Crippen LogP contribution >= 0.6 is 0 Å². The summed E-state index contributed by atoms with van der Waals surface area (Å²) in [4.78, 5) is 24.4. The number of nitrogens with two attached hydrogens (primary N) is 1. The summed E-state index contributed by atoms with van der Waals surface area (Å²) in [6.45, 7) is 10.1. The van der Waals surface area contributed by atoms with Crippen LogP contribution in [0.3, 0.4) is 0 Å². The quantitative estimate of drug-likeness (QED) is 0.214. The van der Waals surface area contributed by atoms with Crippen molar-refractivity contribution >= 4 is 21.9 Å². The Labute approximate surface area is 245 Å². The van der Waals surface area contributed by atoms with Crippen LogP contribution in [-0.4, -0.2) is 87.0 Å². The number of rotatable bonds is 17. The predicted octanol–water partition coefficient (Wildman–Crippen LogP) is 3.01. The number of hydrogen-bond donors (Lipinski definition) is 3. The molecule has 0 spiro atoms. The van der Waals surface area contributed by atoms with Gasteiger partial charge in [0.2, 0.25) is 10.0 Å². The van der Waals surface area contributed by atoms with Gasteiger partial charge in [-0.15, -0.1) is 0 Å². The lowest BCUT2D eigenvalue weighted by molar-refractivity contribution is -0.126. The zero-order valence-corrected chi connectivity index (χ0v) is 25.5. The Kier molecular flexibility index (Phi) is 15.0. The third kappa shape index (κ3) is 11.9. The van der Waals surface area contributed by atoms with Crippen molar-refractivity contribution in [2.24, 2.45) is 17.6 Å². The first-order valence-electron chi connectivity index (χ1n) is 14.6. The molecule has 2 fully saturated rings. The van der Waals surface area contributed by atoms with E-state index in [1.807, 2.05) is 20.8 Å². The molecule has 4 N–H and O–H groups in total. The first-order valence-corrected chi connectivity index (χ1v) is 16.0. The molecule has 1 amide bonds. The van der Waals surface area contributed by atoms with E-state index < -0.39 is 28.3 Å². The first-order chi connectivity index (χ1) is 19.5.